The highest BCUT2D eigenvalue weighted by Crippen LogP contribution is 2.35. The molecule has 0 saturated carbocycles. The molecule has 38 heavy (non-hydrogen) atoms. The standard InChI is InChI=1S/C28H32N6O4/c1-37-23-9-7-20(16-24(23)38-2)31-28-30-17-19-15-25(35)32-22-14-18(6-8-21(22)26(19)33-28)27(36)29-10-5-13-34-11-3-4-12-34/h6-9,14,16-17H,3-5,10-13,15H2,1-2H3,(H,29,36)(H,32,35)(H,30,31,33). The summed E-state index contributed by atoms with van der Waals surface area (Å²) in [5.41, 5.74) is 3.84. The van der Waals surface area contributed by atoms with Crippen LogP contribution >= 0.6 is 0 Å². The van der Waals surface area contributed by atoms with Crippen molar-refractivity contribution in [1.29, 1.82) is 0 Å². The number of hydrogen-bond donors (Lipinski definition) is 3. The number of nitrogens with one attached hydrogen (secondary N) is 3. The summed E-state index contributed by atoms with van der Waals surface area (Å²) in [6.07, 6.45) is 5.22. The van der Waals surface area contributed by atoms with Gasteiger partial charge in [0, 0.05) is 41.2 Å². The van der Waals surface area contributed by atoms with E-state index in [2.05, 4.69) is 25.8 Å². The van der Waals surface area contributed by atoms with Gasteiger partial charge in [-0.3, -0.25) is 9.59 Å². The molecule has 10 heteroatoms. The number of carbonyl (C=O) groups excluding carboxylic acids is 2. The van der Waals surface area contributed by atoms with Crippen LogP contribution in [-0.4, -0.2) is 67.1 Å². The van der Waals surface area contributed by atoms with Gasteiger partial charge in [-0.15, -0.1) is 0 Å². The molecule has 198 valence electrons. The molecule has 1 fully saturated rings. The Morgan fingerprint density at radius 3 is 2.68 bits per heavy atom. The van der Waals surface area contributed by atoms with E-state index in [1.165, 1.54) is 12.8 Å². The lowest BCUT2D eigenvalue weighted by Gasteiger charge is -2.15. The molecular formula is C28H32N6O4. The molecule has 0 aliphatic carbocycles. The second kappa shape index (κ2) is 11.5. The van der Waals surface area contributed by atoms with E-state index < -0.39 is 0 Å². The Labute approximate surface area is 221 Å². The van der Waals surface area contributed by atoms with Gasteiger partial charge in [0.15, 0.2) is 11.5 Å². The van der Waals surface area contributed by atoms with Gasteiger partial charge in [0.2, 0.25) is 11.9 Å². The molecule has 3 N–H and O–H groups in total. The summed E-state index contributed by atoms with van der Waals surface area (Å²) in [5.74, 6) is 1.22. The van der Waals surface area contributed by atoms with Gasteiger partial charge in [-0.2, -0.15) is 0 Å². The lowest BCUT2D eigenvalue weighted by molar-refractivity contribution is -0.115. The molecule has 1 aromatic heterocycles. The Hall–Kier alpha value is -4.18. The third-order valence-corrected chi connectivity index (χ3v) is 6.80. The Balaban J connectivity index is 1.33. The van der Waals surface area contributed by atoms with Gasteiger partial charge >= 0.3 is 0 Å². The molecule has 3 heterocycles. The van der Waals surface area contributed by atoms with Crippen molar-refractivity contribution in [1.82, 2.24) is 20.2 Å². The molecule has 0 bridgehead atoms. The molecule has 2 aliphatic heterocycles. The predicted molar refractivity (Wildman–Crippen MR) is 145 cm³/mol. The molecule has 2 amide bonds. The molecule has 0 spiro atoms. The lowest BCUT2D eigenvalue weighted by Crippen LogP contribution is -2.28. The third kappa shape index (κ3) is 5.70. The molecule has 1 saturated heterocycles. The average molecular weight is 517 g/mol. The van der Waals surface area contributed by atoms with Crippen LogP contribution in [0.25, 0.3) is 11.3 Å². The summed E-state index contributed by atoms with van der Waals surface area (Å²) in [6.45, 7) is 3.90. The van der Waals surface area contributed by atoms with Crippen LogP contribution < -0.4 is 25.4 Å². The number of likely N-dealkylation sites (tertiary alicyclic amines) is 1. The van der Waals surface area contributed by atoms with Crippen molar-refractivity contribution < 1.29 is 19.1 Å². The molecule has 2 aliphatic rings. The summed E-state index contributed by atoms with van der Waals surface area (Å²) in [6, 6.07) is 10.7. The van der Waals surface area contributed by atoms with E-state index in [1.54, 1.807) is 44.7 Å². The van der Waals surface area contributed by atoms with Crippen LogP contribution in [0.4, 0.5) is 17.3 Å². The fourth-order valence-electron chi connectivity index (χ4n) is 4.85. The van der Waals surface area contributed by atoms with Crippen LogP contribution in [0, 0.1) is 0 Å². The number of carbonyl (C=O) groups is 2. The van der Waals surface area contributed by atoms with Gasteiger partial charge in [0.05, 0.1) is 32.0 Å². The minimum atomic E-state index is -0.183. The average Bonchev–Trinajstić information content (AvgIpc) is 3.40. The van der Waals surface area contributed by atoms with Crippen molar-refractivity contribution in [3.8, 4) is 22.8 Å². The molecule has 3 aromatic rings. The first-order valence-electron chi connectivity index (χ1n) is 12.8. The van der Waals surface area contributed by atoms with E-state index in [1.807, 2.05) is 12.1 Å². The third-order valence-electron chi connectivity index (χ3n) is 6.80. The van der Waals surface area contributed by atoms with Crippen molar-refractivity contribution in [2.45, 2.75) is 25.7 Å². The van der Waals surface area contributed by atoms with Crippen LogP contribution in [-0.2, 0) is 11.2 Å². The summed E-state index contributed by atoms with van der Waals surface area (Å²) in [5, 5.41) is 9.11. The van der Waals surface area contributed by atoms with Crippen molar-refractivity contribution in [3.63, 3.8) is 0 Å². The zero-order valence-electron chi connectivity index (χ0n) is 21.7. The monoisotopic (exact) mass is 516 g/mol. The van der Waals surface area contributed by atoms with Crippen molar-refractivity contribution >= 4 is 29.1 Å². The first-order chi connectivity index (χ1) is 18.5. The van der Waals surface area contributed by atoms with Crippen LogP contribution in [0.5, 0.6) is 11.5 Å². The molecule has 5 rings (SSSR count). The SMILES string of the molecule is COc1ccc(Nc2ncc3c(n2)-c2ccc(C(=O)NCCCN4CCCC4)cc2NC(=O)C3)cc1OC. The zero-order valence-corrected chi connectivity index (χ0v) is 21.7. The van der Waals surface area contributed by atoms with E-state index in [-0.39, 0.29) is 18.2 Å². The van der Waals surface area contributed by atoms with E-state index in [9.17, 15) is 9.59 Å². The maximum atomic E-state index is 12.8. The van der Waals surface area contributed by atoms with Crippen LogP contribution in [0.3, 0.4) is 0 Å². The number of fused-ring (bicyclic) bond motifs is 3. The highest BCUT2D eigenvalue weighted by molar-refractivity contribution is 6.03. The maximum Gasteiger partial charge on any atom is 0.251 e. The van der Waals surface area contributed by atoms with Crippen LogP contribution in [0.15, 0.2) is 42.6 Å². The van der Waals surface area contributed by atoms with E-state index in [0.717, 1.165) is 37.3 Å². The fourth-order valence-corrected chi connectivity index (χ4v) is 4.85. The summed E-state index contributed by atoms with van der Waals surface area (Å²) in [7, 11) is 3.16. The second-order valence-corrected chi connectivity index (χ2v) is 9.41. The minimum Gasteiger partial charge on any atom is -0.493 e. The largest absolute Gasteiger partial charge is 0.493 e. The quantitative estimate of drug-likeness (QED) is 0.369. The number of nitrogens with zero attached hydrogens (tertiary/aromatic N) is 3. The summed E-state index contributed by atoms with van der Waals surface area (Å²) < 4.78 is 10.7. The predicted octanol–water partition coefficient (Wildman–Crippen LogP) is 3.61. The number of ether oxygens (including phenoxy) is 2. The normalized spacial score (nSPS) is 14.6. The Bertz CT molecular complexity index is 1340. The number of methoxy groups -OCH3 is 2. The number of anilines is 3. The molecule has 0 unspecified atom stereocenters. The molecule has 0 radical (unpaired) electrons. The van der Waals surface area contributed by atoms with Crippen LogP contribution in [0.1, 0.15) is 35.2 Å². The van der Waals surface area contributed by atoms with Crippen molar-refractivity contribution in [2.75, 3.05) is 51.0 Å². The van der Waals surface area contributed by atoms with Crippen molar-refractivity contribution in [2.24, 2.45) is 0 Å². The Morgan fingerprint density at radius 2 is 1.89 bits per heavy atom. The first kappa shape index (κ1) is 25.5. The van der Waals surface area contributed by atoms with Gasteiger partial charge in [-0.05, 0) is 69.2 Å². The zero-order chi connectivity index (χ0) is 26.5. The lowest BCUT2D eigenvalue weighted by atomic mass is 10.0. The minimum absolute atomic E-state index is 0.138. The summed E-state index contributed by atoms with van der Waals surface area (Å²) in [4.78, 5) is 37.0. The second-order valence-electron chi connectivity index (χ2n) is 9.41. The van der Waals surface area contributed by atoms with E-state index >= 15 is 0 Å². The molecule has 0 atom stereocenters. The first-order valence-corrected chi connectivity index (χ1v) is 12.8. The smallest absolute Gasteiger partial charge is 0.251 e. The topological polar surface area (TPSA) is 118 Å². The number of amides is 2. The molecular weight excluding hydrogens is 484 g/mol. The molecule has 2 aromatic carbocycles. The van der Waals surface area contributed by atoms with Gasteiger partial charge in [-0.1, -0.05) is 0 Å². The number of aromatic nitrogens is 2. The maximum absolute atomic E-state index is 12.8. The van der Waals surface area contributed by atoms with Crippen molar-refractivity contribution in [3.05, 3.63) is 53.7 Å². The van der Waals surface area contributed by atoms with Gasteiger partial charge in [-0.25, -0.2) is 9.97 Å². The Kier molecular flexibility index (Phi) is 7.69. The molecule has 10 nitrogen and oxygen atoms in total. The van der Waals surface area contributed by atoms with Gasteiger partial charge < -0.3 is 30.3 Å². The summed E-state index contributed by atoms with van der Waals surface area (Å²) >= 11 is 0. The fraction of sp³-hybridized carbons (Fsp3) is 0.357. The van der Waals surface area contributed by atoms with Crippen LogP contribution in [0.2, 0.25) is 0 Å². The van der Waals surface area contributed by atoms with Gasteiger partial charge in [0.25, 0.3) is 5.91 Å². The number of hydrogen-bond acceptors (Lipinski definition) is 8. The van der Waals surface area contributed by atoms with Gasteiger partial charge in [0.1, 0.15) is 0 Å². The highest BCUT2D eigenvalue weighted by atomic mass is 16.5. The Morgan fingerprint density at radius 1 is 1.08 bits per heavy atom. The number of rotatable bonds is 9. The number of benzene rings is 2. The van der Waals surface area contributed by atoms with E-state index in [0.29, 0.717) is 46.5 Å². The highest BCUT2D eigenvalue weighted by Gasteiger charge is 2.22. The van der Waals surface area contributed by atoms with E-state index in [4.69, 9.17) is 14.5 Å².